The fraction of sp³-hybridized carbons (Fsp3) is 0.111. The molecule has 0 amide bonds. The van der Waals surface area contributed by atoms with Gasteiger partial charge in [-0.25, -0.2) is 9.48 Å². The molecule has 4 aromatic rings. The zero-order chi connectivity index (χ0) is 18.8. The van der Waals surface area contributed by atoms with Gasteiger partial charge in [0, 0.05) is 12.1 Å². The van der Waals surface area contributed by atoms with Gasteiger partial charge in [-0.2, -0.15) is 14.9 Å². The van der Waals surface area contributed by atoms with Crippen molar-refractivity contribution in [3.63, 3.8) is 0 Å². The van der Waals surface area contributed by atoms with Crippen LogP contribution in [0.1, 0.15) is 17.2 Å². The molecule has 9 heteroatoms. The van der Waals surface area contributed by atoms with Crippen molar-refractivity contribution in [2.24, 2.45) is 0 Å². The molecule has 0 saturated heterocycles. The van der Waals surface area contributed by atoms with E-state index in [1.54, 1.807) is 4.57 Å². The van der Waals surface area contributed by atoms with E-state index in [1.807, 2.05) is 60.7 Å². The molecule has 3 N–H and O–H groups in total. The van der Waals surface area contributed by atoms with Crippen LogP contribution in [0.3, 0.4) is 0 Å². The molecular weight excluding hydrogens is 362 g/mol. The van der Waals surface area contributed by atoms with Crippen LogP contribution in [0.15, 0.2) is 65.5 Å². The number of hydrogen-bond donors (Lipinski definition) is 2. The van der Waals surface area contributed by atoms with Gasteiger partial charge in [0.1, 0.15) is 6.54 Å². The van der Waals surface area contributed by atoms with Crippen LogP contribution in [-0.4, -0.2) is 29.2 Å². The maximum atomic E-state index is 12.5. The van der Waals surface area contributed by atoms with E-state index >= 15 is 0 Å². The molecule has 2 heterocycles. The number of aromatic nitrogens is 6. The van der Waals surface area contributed by atoms with Gasteiger partial charge in [-0.05, 0) is 29.9 Å². The summed E-state index contributed by atoms with van der Waals surface area (Å²) in [6, 6.07) is 19.3. The summed E-state index contributed by atoms with van der Waals surface area (Å²) in [7, 11) is 0. The predicted octanol–water partition coefficient (Wildman–Crippen LogP) is 1.64. The van der Waals surface area contributed by atoms with E-state index in [0.29, 0.717) is 22.8 Å². The molecule has 2 aromatic carbocycles. The molecule has 0 atom stereocenters. The molecule has 0 fully saturated rings. The molecule has 0 saturated carbocycles. The summed E-state index contributed by atoms with van der Waals surface area (Å²) in [4.78, 5) is 12.5. The highest BCUT2D eigenvalue weighted by molar-refractivity contribution is 7.71. The summed E-state index contributed by atoms with van der Waals surface area (Å²) < 4.78 is 4.58. The van der Waals surface area contributed by atoms with E-state index in [4.69, 9.17) is 18.1 Å². The van der Waals surface area contributed by atoms with Crippen LogP contribution in [0.2, 0.25) is 0 Å². The number of nitrogens with two attached hydrogens (primary N) is 1. The Morgan fingerprint density at radius 1 is 1.00 bits per heavy atom. The van der Waals surface area contributed by atoms with Gasteiger partial charge < -0.3 is 5.84 Å². The van der Waals surface area contributed by atoms with Gasteiger partial charge >= 0.3 is 5.69 Å². The first kappa shape index (κ1) is 17.0. The zero-order valence-corrected chi connectivity index (χ0v) is 15.1. The average Bonchev–Trinajstić information content (AvgIpc) is 3.18. The SMILES string of the molecule is Nn1c(Cc2ccccc2)nn(Cc2n[nH]c(=S)n2-c2ccccc2)c1=O. The van der Waals surface area contributed by atoms with Crippen LogP contribution < -0.4 is 11.5 Å². The maximum absolute atomic E-state index is 12.5. The van der Waals surface area contributed by atoms with Gasteiger partial charge in [0.05, 0.1) is 0 Å². The molecule has 136 valence electrons. The van der Waals surface area contributed by atoms with E-state index < -0.39 is 5.69 Å². The largest absolute Gasteiger partial charge is 0.365 e. The highest BCUT2D eigenvalue weighted by Crippen LogP contribution is 2.11. The average molecular weight is 379 g/mol. The molecule has 4 rings (SSSR count). The number of aromatic amines is 1. The molecular formula is C18H17N7OS. The first-order valence-electron chi connectivity index (χ1n) is 8.33. The van der Waals surface area contributed by atoms with Crippen molar-refractivity contribution in [2.75, 3.05) is 5.84 Å². The number of H-pyrrole nitrogens is 1. The number of nitrogen functional groups attached to an aromatic ring is 1. The van der Waals surface area contributed by atoms with Gasteiger partial charge in [0.15, 0.2) is 16.4 Å². The molecule has 0 spiro atoms. The second-order valence-electron chi connectivity index (χ2n) is 6.00. The smallest absolute Gasteiger partial charge is 0.333 e. The zero-order valence-electron chi connectivity index (χ0n) is 14.3. The Kier molecular flexibility index (Phi) is 4.43. The lowest BCUT2D eigenvalue weighted by atomic mass is 10.1. The van der Waals surface area contributed by atoms with Crippen LogP contribution >= 0.6 is 12.2 Å². The molecule has 0 unspecified atom stereocenters. The lowest BCUT2D eigenvalue weighted by molar-refractivity contribution is 0.612. The van der Waals surface area contributed by atoms with Crippen molar-refractivity contribution in [3.05, 3.63) is 93.1 Å². The van der Waals surface area contributed by atoms with Crippen LogP contribution in [0.5, 0.6) is 0 Å². The number of hydrogen-bond acceptors (Lipinski definition) is 5. The minimum atomic E-state index is -0.408. The molecule has 8 nitrogen and oxygen atoms in total. The molecule has 0 aliphatic heterocycles. The minimum Gasteiger partial charge on any atom is -0.333 e. The normalized spacial score (nSPS) is 11.0. The van der Waals surface area contributed by atoms with Crippen molar-refractivity contribution in [1.82, 2.24) is 29.2 Å². The van der Waals surface area contributed by atoms with Crippen molar-refractivity contribution in [3.8, 4) is 5.69 Å². The maximum Gasteiger partial charge on any atom is 0.365 e. The van der Waals surface area contributed by atoms with Gasteiger partial charge in [-0.15, -0.1) is 0 Å². The molecule has 2 aromatic heterocycles. The summed E-state index contributed by atoms with van der Waals surface area (Å²) in [5.74, 6) is 6.97. The fourth-order valence-electron chi connectivity index (χ4n) is 2.88. The highest BCUT2D eigenvalue weighted by atomic mass is 32.1. The summed E-state index contributed by atoms with van der Waals surface area (Å²) in [5, 5.41) is 11.4. The second-order valence-corrected chi connectivity index (χ2v) is 6.39. The molecule has 0 aliphatic rings. The quantitative estimate of drug-likeness (QED) is 0.406. The number of rotatable bonds is 5. The van der Waals surface area contributed by atoms with Crippen LogP contribution in [-0.2, 0) is 13.0 Å². The van der Waals surface area contributed by atoms with Crippen molar-refractivity contribution < 1.29 is 0 Å². The van der Waals surface area contributed by atoms with E-state index in [2.05, 4.69) is 15.3 Å². The van der Waals surface area contributed by atoms with Gasteiger partial charge in [0.2, 0.25) is 0 Å². The number of nitrogens with zero attached hydrogens (tertiary/aromatic N) is 5. The second kappa shape index (κ2) is 7.04. The third-order valence-corrected chi connectivity index (χ3v) is 4.47. The Balaban J connectivity index is 1.68. The summed E-state index contributed by atoms with van der Waals surface area (Å²) in [5.41, 5.74) is 1.47. The summed E-state index contributed by atoms with van der Waals surface area (Å²) >= 11 is 5.33. The van der Waals surface area contributed by atoms with Gasteiger partial charge in [-0.3, -0.25) is 9.67 Å². The monoisotopic (exact) mass is 379 g/mol. The predicted molar refractivity (Wildman–Crippen MR) is 104 cm³/mol. The van der Waals surface area contributed by atoms with E-state index in [9.17, 15) is 4.79 Å². The third-order valence-electron chi connectivity index (χ3n) is 4.19. The first-order chi connectivity index (χ1) is 13.1. The molecule has 0 radical (unpaired) electrons. The van der Waals surface area contributed by atoms with Crippen molar-refractivity contribution in [1.29, 1.82) is 0 Å². The Hall–Kier alpha value is -3.46. The summed E-state index contributed by atoms with van der Waals surface area (Å²) in [6.07, 6.45) is 0.463. The van der Waals surface area contributed by atoms with Gasteiger partial charge in [-0.1, -0.05) is 48.5 Å². The van der Waals surface area contributed by atoms with E-state index in [0.717, 1.165) is 15.9 Å². The Bertz CT molecular complexity index is 1170. The lowest BCUT2D eigenvalue weighted by Crippen LogP contribution is -2.31. The minimum absolute atomic E-state index is 0.146. The fourth-order valence-corrected chi connectivity index (χ4v) is 3.14. The topological polar surface area (TPSA) is 99.4 Å². The van der Waals surface area contributed by atoms with Crippen LogP contribution in [0.4, 0.5) is 0 Å². The Labute approximate surface area is 159 Å². The third kappa shape index (κ3) is 3.32. The van der Waals surface area contributed by atoms with Crippen molar-refractivity contribution in [2.45, 2.75) is 13.0 Å². The van der Waals surface area contributed by atoms with Crippen LogP contribution in [0, 0.1) is 4.77 Å². The lowest BCUT2D eigenvalue weighted by Gasteiger charge is -2.06. The number of benzene rings is 2. The molecule has 0 bridgehead atoms. The standard InChI is InChI=1S/C18H17N7OS/c19-25-15(11-13-7-3-1-4-8-13)22-23(18(25)26)12-16-20-21-17(27)24(16)14-9-5-2-6-10-14/h1-10H,11-12,19H2,(H,21,27). The summed E-state index contributed by atoms with van der Waals surface area (Å²) in [6.45, 7) is 0.146. The highest BCUT2D eigenvalue weighted by Gasteiger charge is 2.15. The van der Waals surface area contributed by atoms with Crippen molar-refractivity contribution >= 4 is 12.2 Å². The van der Waals surface area contributed by atoms with Crippen LogP contribution in [0.25, 0.3) is 5.69 Å². The Morgan fingerprint density at radius 3 is 2.37 bits per heavy atom. The number of para-hydroxylation sites is 1. The van der Waals surface area contributed by atoms with Gasteiger partial charge in [0.25, 0.3) is 0 Å². The first-order valence-corrected chi connectivity index (χ1v) is 8.74. The number of nitrogens with one attached hydrogen (secondary N) is 1. The van der Waals surface area contributed by atoms with E-state index in [-0.39, 0.29) is 6.54 Å². The Morgan fingerprint density at radius 2 is 1.67 bits per heavy atom. The molecule has 0 aliphatic carbocycles. The molecule has 27 heavy (non-hydrogen) atoms. The van der Waals surface area contributed by atoms with E-state index in [1.165, 1.54) is 4.68 Å².